The number of fused-ring (bicyclic) bond motifs is 1. The number of furan rings is 1. The lowest BCUT2D eigenvalue weighted by Crippen LogP contribution is -2.39. The first-order valence-electron chi connectivity index (χ1n) is 12.8. The van der Waals surface area contributed by atoms with E-state index in [-0.39, 0.29) is 12.2 Å². The summed E-state index contributed by atoms with van der Waals surface area (Å²) in [5.74, 6) is 0.465. The summed E-state index contributed by atoms with van der Waals surface area (Å²) in [6.07, 6.45) is 1.67. The molecule has 1 aliphatic rings. The van der Waals surface area contributed by atoms with Crippen LogP contribution in [0, 0.1) is 0 Å². The number of benzene rings is 3. The van der Waals surface area contributed by atoms with Gasteiger partial charge in [0, 0.05) is 22.2 Å². The Kier molecular flexibility index (Phi) is 7.49. The Labute approximate surface area is 249 Å². The molecule has 41 heavy (non-hydrogen) atoms. The smallest absolute Gasteiger partial charge is 0.338 e. The van der Waals surface area contributed by atoms with E-state index in [2.05, 4.69) is 0 Å². The van der Waals surface area contributed by atoms with Gasteiger partial charge in [-0.25, -0.2) is 9.79 Å². The molecule has 0 unspecified atom stereocenters. The maximum atomic E-state index is 14.0. The second-order valence-electron chi connectivity index (χ2n) is 9.17. The van der Waals surface area contributed by atoms with Gasteiger partial charge in [0.2, 0.25) is 0 Å². The normalized spacial score (nSPS) is 15.0. The van der Waals surface area contributed by atoms with E-state index in [0.29, 0.717) is 47.7 Å². The van der Waals surface area contributed by atoms with Gasteiger partial charge >= 0.3 is 5.97 Å². The zero-order valence-corrected chi connectivity index (χ0v) is 24.0. The number of halogens is 2. The van der Waals surface area contributed by atoms with E-state index in [4.69, 9.17) is 37.3 Å². The van der Waals surface area contributed by atoms with Gasteiger partial charge in [0.05, 0.1) is 33.5 Å². The molecule has 0 bridgehead atoms. The molecular weight excluding hydrogens is 579 g/mol. The molecular formula is C32H22Cl2N2O4S. The Morgan fingerprint density at radius 2 is 1.76 bits per heavy atom. The number of nitrogens with zero attached hydrogens (tertiary/aromatic N) is 2. The van der Waals surface area contributed by atoms with Crippen molar-refractivity contribution >= 4 is 52.3 Å². The van der Waals surface area contributed by atoms with Crippen molar-refractivity contribution in [2.24, 2.45) is 4.99 Å². The molecule has 6 rings (SSSR count). The summed E-state index contributed by atoms with van der Waals surface area (Å²) in [6.45, 7) is 1.94. The highest BCUT2D eigenvalue weighted by molar-refractivity contribution is 7.07. The second-order valence-corrected chi connectivity index (χ2v) is 11.0. The fourth-order valence-electron chi connectivity index (χ4n) is 4.78. The fourth-order valence-corrected chi connectivity index (χ4v) is 6.15. The van der Waals surface area contributed by atoms with Gasteiger partial charge < -0.3 is 9.15 Å². The largest absolute Gasteiger partial charge is 0.463 e. The van der Waals surface area contributed by atoms with Crippen LogP contribution in [0.4, 0.5) is 0 Å². The molecule has 0 fully saturated rings. The average Bonchev–Trinajstić information content (AvgIpc) is 3.58. The summed E-state index contributed by atoms with van der Waals surface area (Å²) >= 11 is 13.7. The average molecular weight is 602 g/mol. The molecule has 0 spiro atoms. The summed E-state index contributed by atoms with van der Waals surface area (Å²) in [5.41, 5.74) is 2.65. The minimum Gasteiger partial charge on any atom is -0.463 e. The van der Waals surface area contributed by atoms with Gasteiger partial charge in [-0.3, -0.25) is 9.36 Å². The number of esters is 1. The van der Waals surface area contributed by atoms with E-state index in [1.54, 1.807) is 47.9 Å². The maximum absolute atomic E-state index is 14.0. The van der Waals surface area contributed by atoms with Crippen molar-refractivity contribution in [1.29, 1.82) is 0 Å². The van der Waals surface area contributed by atoms with Crippen LogP contribution in [0.25, 0.3) is 23.1 Å². The predicted molar refractivity (Wildman–Crippen MR) is 162 cm³/mol. The summed E-state index contributed by atoms with van der Waals surface area (Å²) in [6, 6.07) is 26.8. The Hall–Kier alpha value is -4.17. The zero-order chi connectivity index (χ0) is 28.5. The summed E-state index contributed by atoms with van der Waals surface area (Å²) in [5, 5.41) is 1.03. The number of carbonyl (C=O) groups is 1. The van der Waals surface area contributed by atoms with Crippen molar-refractivity contribution in [1.82, 2.24) is 4.57 Å². The Morgan fingerprint density at radius 3 is 2.49 bits per heavy atom. The molecule has 0 N–H and O–H groups in total. The lowest BCUT2D eigenvalue weighted by atomic mass is 9.93. The topological polar surface area (TPSA) is 73.8 Å². The lowest BCUT2D eigenvalue weighted by Gasteiger charge is -2.25. The van der Waals surface area contributed by atoms with Gasteiger partial charge in [-0.15, -0.1) is 0 Å². The van der Waals surface area contributed by atoms with E-state index in [0.717, 1.165) is 11.1 Å². The summed E-state index contributed by atoms with van der Waals surface area (Å²) in [7, 11) is 0. The highest BCUT2D eigenvalue weighted by Crippen LogP contribution is 2.35. The zero-order valence-electron chi connectivity index (χ0n) is 21.7. The van der Waals surface area contributed by atoms with E-state index >= 15 is 0 Å². The maximum Gasteiger partial charge on any atom is 0.338 e. The van der Waals surface area contributed by atoms with Crippen molar-refractivity contribution in [2.75, 3.05) is 6.61 Å². The number of hydrogen-bond acceptors (Lipinski definition) is 6. The number of carbonyl (C=O) groups excluding carboxylic acids is 1. The number of thiazole rings is 1. The van der Waals surface area contributed by atoms with Crippen LogP contribution in [0.3, 0.4) is 0 Å². The number of ether oxygens (including phenoxy) is 1. The standard InChI is InChI=1S/C32H22Cl2N2O4S/c1-2-39-31(38)27-28(19-9-5-3-6-10-19)35-32-36(29(27)20-11-7-4-8-12-20)30(37)26(41-32)18-22-14-16-25(40-22)23-17-21(33)13-15-24(23)34/h3-18,29H,2H2,1H3/b26-18-/t29-/m0/s1. The SMILES string of the molecule is CCOC(=O)C1=C(c2ccccc2)N=c2s/c(=C\c3ccc(-c4cc(Cl)ccc4Cl)o3)c(=O)n2[C@H]1c1ccccc1. The molecule has 9 heteroatoms. The quantitative estimate of drug-likeness (QED) is 0.208. The number of rotatable bonds is 6. The predicted octanol–water partition coefficient (Wildman–Crippen LogP) is 6.50. The third kappa shape index (κ3) is 5.20. The minimum absolute atomic E-state index is 0.188. The van der Waals surface area contributed by atoms with Gasteiger partial charge in [0.15, 0.2) is 4.80 Å². The number of aromatic nitrogens is 1. The van der Waals surface area contributed by atoms with Crippen LogP contribution in [0.5, 0.6) is 0 Å². The third-order valence-electron chi connectivity index (χ3n) is 6.58. The lowest BCUT2D eigenvalue weighted by molar-refractivity contribution is -0.138. The molecule has 5 aromatic rings. The van der Waals surface area contributed by atoms with E-state index in [1.165, 1.54) is 11.3 Å². The molecule has 3 aromatic carbocycles. The Balaban J connectivity index is 1.55. The van der Waals surface area contributed by atoms with Crippen LogP contribution in [0.1, 0.15) is 29.9 Å². The van der Waals surface area contributed by atoms with Gasteiger partial charge in [0.1, 0.15) is 11.5 Å². The van der Waals surface area contributed by atoms with Crippen molar-refractivity contribution in [2.45, 2.75) is 13.0 Å². The van der Waals surface area contributed by atoms with Crippen molar-refractivity contribution < 1.29 is 13.9 Å². The minimum atomic E-state index is -0.735. The van der Waals surface area contributed by atoms with Gasteiger partial charge in [-0.1, -0.05) is 95.2 Å². The molecule has 1 aliphatic heterocycles. The second kappa shape index (κ2) is 11.4. The van der Waals surface area contributed by atoms with Crippen LogP contribution in [-0.2, 0) is 9.53 Å². The molecule has 0 saturated heterocycles. The molecule has 0 radical (unpaired) electrons. The first-order chi connectivity index (χ1) is 19.9. The van der Waals surface area contributed by atoms with Crippen molar-refractivity contribution in [3.8, 4) is 11.3 Å². The van der Waals surface area contributed by atoms with Gasteiger partial charge in [0.25, 0.3) is 5.56 Å². The van der Waals surface area contributed by atoms with Crippen LogP contribution >= 0.6 is 34.5 Å². The molecule has 0 amide bonds. The number of hydrogen-bond donors (Lipinski definition) is 0. The molecule has 3 heterocycles. The van der Waals surface area contributed by atoms with Crippen LogP contribution in [0.15, 0.2) is 111 Å². The first-order valence-corrected chi connectivity index (χ1v) is 14.4. The Morgan fingerprint density at radius 1 is 1.02 bits per heavy atom. The molecule has 0 saturated carbocycles. The van der Waals surface area contributed by atoms with E-state index in [1.807, 2.05) is 60.7 Å². The third-order valence-corrected chi connectivity index (χ3v) is 8.13. The van der Waals surface area contributed by atoms with Crippen LogP contribution < -0.4 is 14.9 Å². The van der Waals surface area contributed by atoms with Gasteiger partial charge in [-0.05, 0) is 42.8 Å². The van der Waals surface area contributed by atoms with Crippen molar-refractivity contribution in [3.05, 3.63) is 143 Å². The molecule has 2 aromatic heterocycles. The van der Waals surface area contributed by atoms with E-state index in [9.17, 15) is 9.59 Å². The summed E-state index contributed by atoms with van der Waals surface area (Å²) < 4.78 is 13.5. The van der Waals surface area contributed by atoms with Gasteiger partial charge in [-0.2, -0.15) is 0 Å². The molecule has 1 atom stereocenters. The van der Waals surface area contributed by atoms with Crippen LogP contribution in [-0.4, -0.2) is 17.1 Å². The molecule has 6 nitrogen and oxygen atoms in total. The Bertz CT molecular complexity index is 1980. The van der Waals surface area contributed by atoms with Crippen molar-refractivity contribution in [3.63, 3.8) is 0 Å². The summed E-state index contributed by atoms with van der Waals surface area (Å²) in [4.78, 5) is 32.8. The molecule has 204 valence electrons. The van der Waals surface area contributed by atoms with Crippen LogP contribution in [0.2, 0.25) is 10.0 Å². The highest BCUT2D eigenvalue weighted by Gasteiger charge is 2.35. The highest BCUT2D eigenvalue weighted by atomic mass is 35.5. The first kappa shape index (κ1) is 27.0. The molecule has 0 aliphatic carbocycles. The van der Waals surface area contributed by atoms with E-state index < -0.39 is 12.0 Å². The fraction of sp³-hybridized carbons (Fsp3) is 0.0938. The monoisotopic (exact) mass is 600 g/mol.